The maximum atomic E-state index is 12.0. The molecule has 1 aromatic carbocycles. The zero-order valence-corrected chi connectivity index (χ0v) is 13.1. The van der Waals surface area contributed by atoms with E-state index in [1.54, 1.807) is 0 Å². The van der Waals surface area contributed by atoms with Gasteiger partial charge in [0.05, 0.1) is 6.04 Å². The fraction of sp³-hybridized carbons (Fsp3) is 0.438. The molecule has 0 radical (unpaired) electrons. The van der Waals surface area contributed by atoms with E-state index < -0.39 is 0 Å². The van der Waals surface area contributed by atoms with Gasteiger partial charge in [-0.25, -0.2) is 0 Å². The van der Waals surface area contributed by atoms with Crippen molar-refractivity contribution in [2.24, 2.45) is 4.99 Å². The number of amidine groups is 1. The summed E-state index contributed by atoms with van der Waals surface area (Å²) < 4.78 is 0. The Labute approximate surface area is 134 Å². The van der Waals surface area contributed by atoms with Crippen LogP contribution in [0.5, 0.6) is 0 Å². The van der Waals surface area contributed by atoms with Gasteiger partial charge in [0.2, 0.25) is 11.8 Å². The number of hydrogen-bond donors (Lipinski definition) is 2. The Morgan fingerprint density at radius 2 is 2.00 bits per heavy atom. The maximum absolute atomic E-state index is 12.0. The number of hydrogen-bond acceptors (Lipinski definition) is 4. The number of carbonyl (C=O) groups excluding carboxylic acids is 2. The molecule has 116 valence electrons. The van der Waals surface area contributed by atoms with E-state index >= 15 is 0 Å². The van der Waals surface area contributed by atoms with E-state index in [9.17, 15) is 9.59 Å². The highest BCUT2D eigenvalue weighted by atomic mass is 32.2. The summed E-state index contributed by atoms with van der Waals surface area (Å²) >= 11 is 1.37. The van der Waals surface area contributed by atoms with Crippen LogP contribution in [0.4, 0.5) is 5.69 Å². The first-order valence-corrected chi connectivity index (χ1v) is 8.49. The SMILES string of the molecule is O=C(C[C@H]1SC(=NC2CCCC2)NC1=O)Nc1ccccc1. The quantitative estimate of drug-likeness (QED) is 0.896. The minimum Gasteiger partial charge on any atom is -0.326 e. The van der Waals surface area contributed by atoms with Crippen molar-refractivity contribution in [2.45, 2.75) is 43.4 Å². The smallest absolute Gasteiger partial charge is 0.240 e. The van der Waals surface area contributed by atoms with Gasteiger partial charge in [-0.05, 0) is 25.0 Å². The molecule has 2 N–H and O–H groups in total. The van der Waals surface area contributed by atoms with Crippen LogP contribution in [0.3, 0.4) is 0 Å². The van der Waals surface area contributed by atoms with Crippen molar-refractivity contribution in [2.75, 3.05) is 5.32 Å². The molecule has 0 unspecified atom stereocenters. The van der Waals surface area contributed by atoms with Gasteiger partial charge in [0, 0.05) is 12.1 Å². The molecule has 1 heterocycles. The predicted molar refractivity (Wildman–Crippen MR) is 88.9 cm³/mol. The van der Waals surface area contributed by atoms with Gasteiger partial charge >= 0.3 is 0 Å². The summed E-state index contributed by atoms with van der Waals surface area (Å²) in [5, 5.41) is 5.89. The average molecular weight is 317 g/mol. The lowest BCUT2D eigenvalue weighted by Crippen LogP contribution is -2.28. The second-order valence-electron chi connectivity index (χ2n) is 5.59. The van der Waals surface area contributed by atoms with E-state index in [-0.39, 0.29) is 23.5 Å². The van der Waals surface area contributed by atoms with E-state index in [1.165, 1.54) is 24.6 Å². The van der Waals surface area contributed by atoms with Crippen molar-refractivity contribution < 1.29 is 9.59 Å². The van der Waals surface area contributed by atoms with Gasteiger partial charge in [-0.3, -0.25) is 14.6 Å². The number of para-hydroxylation sites is 1. The van der Waals surface area contributed by atoms with Crippen molar-refractivity contribution in [3.05, 3.63) is 30.3 Å². The van der Waals surface area contributed by atoms with E-state index in [4.69, 9.17) is 0 Å². The zero-order chi connectivity index (χ0) is 15.4. The van der Waals surface area contributed by atoms with Crippen molar-refractivity contribution in [3.8, 4) is 0 Å². The van der Waals surface area contributed by atoms with Crippen LogP contribution in [0.1, 0.15) is 32.1 Å². The molecule has 6 heteroatoms. The maximum Gasteiger partial charge on any atom is 0.240 e. The monoisotopic (exact) mass is 317 g/mol. The number of anilines is 1. The molecule has 22 heavy (non-hydrogen) atoms. The molecule has 5 nitrogen and oxygen atoms in total. The minimum absolute atomic E-state index is 0.120. The topological polar surface area (TPSA) is 70.6 Å². The number of nitrogens with zero attached hydrogens (tertiary/aromatic N) is 1. The van der Waals surface area contributed by atoms with Crippen molar-refractivity contribution in [3.63, 3.8) is 0 Å². The first-order valence-electron chi connectivity index (χ1n) is 7.61. The first kappa shape index (κ1) is 15.1. The van der Waals surface area contributed by atoms with Crippen LogP contribution < -0.4 is 10.6 Å². The van der Waals surface area contributed by atoms with Crippen LogP contribution in [0.25, 0.3) is 0 Å². The molecule has 2 fully saturated rings. The number of aliphatic imine (C=N–C) groups is 1. The fourth-order valence-electron chi connectivity index (χ4n) is 2.70. The Bertz CT molecular complexity index is 582. The Morgan fingerprint density at radius 1 is 1.27 bits per heavy atom. The summed E-state index contributed by atoms with van der Waals surface area (Å²) in [6.07, 6.45) is 4.78. The van der Waals surface area contributed by atoms with Crippen LogP contribution in [0.15, 0.2) is 35.3 Å². The van der Waals surface area contributed by atoms with Crippen LogP contribution in [-0.4, -0.2) is 28.3 Å². The molecule has 3 rings (SSSR count). The van der Waals surface area contributed by atoms with Crippen molar-refractivity contribution >= 4 is 34.4 Å². The summed E-state index contributed by atoms with van der Waals surface area (Å²) in [4.78, 5) is 28.6. The zero-order valence-electron chi connectivity index (χ0n) is 12.2. The molecular formula is C16H19N3O2S. The highest BCUT2D eigenvalue weighted by Crippen LogP contribution is 2.27. The predicted octanol–water partition coefficient (Wildman–Crippen LogP) is 2.55. The van der Waals surface area contributed by atoms with Gasteiger partial charge in [0.15, 0.2) is 5.17 Å². The van der Waals surface area contributed by atoms with Gasteiger partial charge in [0.25, 0.3) is 0 Å². The third kappa shape index (κ3) is 3.88. The Hall–Kier alpha value is -1.82. The lowest BCUT2D eigenvalue weighted by atomic mass is 10.2. The number of thioether (sulfide) groups is 1. The standard InChI is InChI=1S/C16H19N3O2S/c20-14(17-11-6-2-1-3-7-11)10-13-15(21)19-16(22-13)18-12-8-4-5-9-12/h1-3,6-7,12-13H,4-5,8-10H2,(H,17,20)(H,18,19,21)/t13-/m1/s1. The van der Waals surface area contributed by atoms with Gasteiger partial charge in [-0.15, -0.1) is 0 Å². The van der Waals surface area contributed by atoms with E-state index in [1.807, 2.05) is 30.3 Å². The highest BCUT2D eigenvalue weighted by Gasteiger charge is 2.32. The number of carbonyl (C=O) groups is 2. The molecule has 0 bridgehead atoms. The van der Waals surface area contributed by atoms with E-state index in [2.05, 4.69) is 15.6 Å². The summed E-state index contributed by atoms with van der Waals surface area (Å²) in [6, 6.07) is 9.60. The van der Waals surface area contributed by atoms with Crippen molar-refractivity contribution in [1.29, 1.82) is 0 Å². The van der Waals surface area contributed by atoms with Crippen LogP contribution in [0, 0.1) is 0 Å². The third-order valence-electron chi connectivity index (χ3n) is 3.83. The van der Waals surface area contributed by atoms with E-state index in [0.717, 1.165) is 18.5 Å². The number of benzene rings is 1. The fourth-order valence-corrected chi connectivity index (χ4v) is 3.74. The summed E-state index contributed by atoms with van der Waals surface area (Å²) in [6.45, 7) is 0. The molecule has 0 spiro atoms. The second-order valence-corrected chi connectivity index (χ2v) is 6.78. The van der Waals surface area contributed by atoms with Crippen LogP contribution in [0.2, 0.25) is 0 Å². The molecule has 1 saturated carbocycles. The molecule has 1 aliphatic carbocycles. The molecule has 1 aliphatic heterocycles. The molecule has 1 atom stereocenters. The van der Waals surface area contributed by atoms with Gasteiger partial charge < -0.3 is 10.6 Å². The first-order chi connectivity index (χ1) is 10.7. The largest absolute Gasteiger partial charge is 0.326 e. The minimum atomic E-state index is -0.385. The summed E-state index contributed by atoms with van der Waals surface area (Å²) in [5.74, 6) is -0.272. The number of nitrogens with one attached hydrogen (secondary N) is 2. The molecule has 1 saturated heterocycles. The molecule has 2 aliphatic rings. The van der Waals surface area contributed by atoms with Crippen molar-refractivity contribution in [1.82, 2.24) is 5.32 Å². The number of amides is 2. The van der Waals surface area contributed by atoms with Gasteiger partial charge in [-0.2, -0.15) is 0 Å². The summed E-state index contributed by atoms with van der Waals surface area (Å²) in [7, 11) is 0. The molecule has 1 aromatic rings. The lowest BCUT2D eigenvalue weighted by molar-refractivity contribution is -0.122. The van der Waals surface area contributed by atoms with E-state index in [0.29, 0.717) is 11.2 Å². The Morgan fingerprint density at radius 3 is 2.73 bits per heavy atom. The Balaban J connectivity index is 1.54. The van der Waals surface area contributed by atoms with Crippen LogP contribution >= 0.6 is 11.8 Å². The third-order valence-corrected chi connectivity index (χ3v) is 4.93. The van der Waals surface area contributed by atoms with Gasteiger partial charge in [0.1, 0.15) is 5.25 Å². The van der Waals surface area contributed by atoms with Crippen LogP contribution in [-0.2, 0) is 9.59 Å². The Kier molecular flexibility index (Phi) is 4.77. The molecule has 2 amide bonds. The highest BCUT2D eigenvalue weighted by molar-refractivity contribution is 8.15. The second kappa shape index (κ2) is 6.96. The summed E-state index contributed by atoms with van der Waals surface area (Å²) in [5.41, 5.74) is 0.746. The van der Waals surface area contributed by atoms with Gasteiger partial charge in [-0.1, -0.05) is 42.8 Å². The molecule has 0 aromatic heterocycles. The average Bonchev–Trinajstić information content (AvgIpc) is 3.11. The normalized spacial score (nSPS) is 23.7. The molecular weight excluding hydrogens is 298 g/mol. The lowest BCUT2D eigenvalue weighted by Gasteiger charge is -2.07. The number of rotatable bonds is 4.